The van der Waals surface area contributed by atoms with Gasteiger partial charge < -0.3 is 4.98 Å². The molecule has 0 saturated heterocycles. The van der Waals surface area contributed by atoms with Gasteiger partial charge in [0.2, 0.25) is 5.95 Å². The van der Waals surface area contributed by atoms with Crippen LogP contribution < -0.4 is 5.32 Å². The Bertz CT molecular complexity index is 595. The van der Waals surface area contributed by atoms with Gasteiger partial charge in [0.15, 0.2) is 0 Å². The Kier molecular flexibility index (Phi) is 3.36. The molecular weight excluding hydrogens is 279 g/mol. The molecule has 0 aliphatic carbocycles. The van der Waals surface area contributed by atoms with Gasteiger partial charge in [-0.2, -0.15) is 24.5 Å². The normalized spacial score (nSPS) is 11.6. The van der Waals surface area contributed by atoms with Gasteiger partial charge in [-0.15, -0.1) is 0 Å². The lowest BCUT2D eigenvalue weighted by atomic mass is 10.2. The maximum Gasteiger partial charge on any atom is 0.417 e. The number of hydrogen-bond donors (Lipinski definition) is 2. The van der Waals surface area contributed by atoms with Crippen LogP contribution in [0.4, 0.5) is 19.1 Å². The predicted molar refractivity (Wildman–Crippen MR) is 65.3 cm³/mol. The van der Waals surface area contributed by atoms with Gasteiger partial charge in [0.1, 0.15) is 0 Å². The van der Waals surface area contributed by atoms with Crippen LogP contribution in [0.3, 0.4) is 0 Å². The van der Waals surface area contributed by atoms with Gasteiger partial charge in [-0.05, 0) is 13.8 Å². The first-order chi connectivity index (χ1) is 8.79. The van der Waals surface area contributed by atoms with E-state index in [4.69, 9.17) is 0 Å². The number of halogens is 3. The predicted octanol–water partition coefficient (Wildman–Crippen LogP) is 3.36. The SMILES string of the molecule is Cc1nc(NC(=O)c2cscc2C(F)(F)F)[nH]c1C. The van der Waals surface area contributed by atoms with Crippen molar-refractivity contribution in [1.29, 1.82) is 0 Å². The van der Waals surface area contributed by atoms with Gasteiger partial charge in [-0.3, -0.25) is 10.1 Å². The molecule has 0 fully saturated rings. The number of carbonyl (C=O) groups is 1. The Hall–Kier alpha value is -1.83. The van der Waals surface area contributed by atoms with E-state index >= 15 is 0 Å². The van der Waals surface area contributed by atoms with E-state index in [2.05, 4.69) is 15.3 Å². The smallest absolute Gasteiger partial charge is 0.328 e. The summed E-state index contributed by atoms with van der Waals surface area (Å²) in [6, 6.07) is 0. The van der Waals surface area contributed by atoms with Crippen LogP contribution >= 0.6 is 11.3 Å². The van der Waals surface area contributed by atoms with Crippen LogP contribution in [0.1, 0.15) is 27.3 Å². The molecule has 0 spiro atoms. The minimum absolute atomic E-state index is 0.138. The molecule has 0 radical (unpaired) electrons. The molecule has 4 nitrogen and oxygen atoms in total. The zero-order chi connectivity index (χ0) is 14.2. The van der Waals surface area contributed by atoms with Crippen molar-refractivity contribution < 1.29 is 18.0 Å². The molecule has 0 saturated carbocycles. The largest absolute Gasteiger partial charge is 0.417 e. The van der Waals surface area contributed by atoms with Crippen molar-refractivity contribution in [2.24, 2.45) is 0 Å². The molecule has 0 unspecified atom stereocenters. The number of imidazole rings is 1. The monoisotopic (exact) mass is 289 g/mol. The number of alkyl halides is 3. The maximum atomic E-state index is 12.7. The molecular formula is C11H10F3N3OS. The molecule has 0 atom stereocenters. The van der Waals surface area contributed by atoms with Crippen molar-refractivity contribution in [3.63, 3.8) is 0 Å². The highest BCUT2D eigenvalue weighted by Gasteiger charge is 2.36. The molecule has 2 heterocycles. The van der Waals surface area contributed by atoms with Crippen molar-refractivity contribution in [3.05, 3.63) is 33.3 Å². The van der Waals surface area contributed by atoms with E-state index in [1.807, 2.05) is 0 Å². The summed E-state index contributed by atoms with van der Waals surface area (Å²) in [5.74, 6) is -0.693. The van der Waals surface area contributed by atoms with Crippen LogP contribution in [0.2, 0.25) is 0 Å². The van der Waals surface area contributed by atoms with Crippen LogP contribution in [0.15, 0.2) is 10.8 Å². The van der Waals surface area contributed by atoms with E-state index in [0.29, 0.717) is 5.69 Å². The molecule has 102 valence electrons. The van der Waals surface area contributed by atoms with E-state index in [1.54, 1.807) is 13.8 Å². The summed E-state index contributed by atoms with van der Waals surface area (Å²) in [6.45, 7) is 3.48. The molecule has 2 rings (SSSR count). The molecule has 2 aromatic heterocycles. The highest BCUT2D eigenvalue weighted by atomic mass is 32.1. The molecule has 0 bridgehead atoms. The third kappa shape index (κ3) is 2.78. The van der Waals surface area contributed by atoms with Gasteiger partial charge in [0, 0.05) is 16.5 Å². The summed E-state index contributed by atoms with van der Waals surface area (Å²) in [7, 11) is 0. The van der Waals surface area contributed by atoms with Gasteiger partial charge in [-0.1, -0.05) is 0 Å². The zero-order valence-corrected chi connectivity index (χ0v) is 10.9. The topological polar surface area (TPSA) is 57.8 Å². The third-order valence-corrected chi connectivity index (χ3v) is 3.32. The molecule has 1 amide bonds. The minimum Gasteiger partial charge on any atom is -0.328 e. The number of aromatic nitrogens is 2. The van der Waals surface area contributed by atoms with Gasteiger partial charge in [0.05, 0.1) is 16.8 Å². The standard InChI is InChI=1S/C11H10F3N3OS/c1-5-6(2)16-10(15-5)17-9(18)7-3-19-4-8(7)11(12,13)14/h3-4H,1-2H3,(H2,15,16,17,18). The minimum atomic E-state index is -4.54. The Balaban J connectivity index is 2.24. The number of aryl methyl sites for hydroxylation is 2. The van der Waals surface area contributed by atoms with Crippen molar-refractivity contribution >= 4 is 23.2 Å². The lowest BCUT2D eigenvalue weighted by Crippen LogP contribution is -2.17. The van der Waals surface area contributed by atoms with Gasteiger partial charge >= 0.3 is 6.18 Å². The fourth-order valence-electron chi connectivity index (χ4n) is 1.47. The van der Waals surface area contributed by atoms with E-state index in [9.17, 15) is 18.0 Å². The first kappa shape index (κ1) is 13.6. The molecule has 2 aromatic rings. The Labute approximate surface area is 110 Å². The molecule has 2 N–H and O–H groups in total. The van der Waals surface area contributed by atoms with Crippen LogP contribution in [0, 0.1) is 13.8 Å². The van der Waals surface area contributed by atoms with Crippen LogP contribution in [-0.2, 0) is 6.18 Å². The zero-order valence-electron chi connectivity index (χ0n) is 10.1. The Morgan fingerprint density at radius 2 is 2.05 bits per heavy atom. The van der Waals surface area contributed by atoms with E-state index in [-0.39, 0.29) is 5.95 Å². The first-order valence-corrected chi connectivity index (χ1v) is 6.21. The summed E-state index contributed by atoms with van der Waals surface area (Å²) in [5, 5.41) is 4.40. The quantitative estimate of drug-likeness (QED) is 0.890. The Morgan fingerprint density at radius 3 is 2.58 bits per heavy atom. The van der Waals surface area contributed by atoms with Crippen molar-refractivity contribution in [3.8, 4) is 0 Å². The van der Waals surface area contributed by atoms with Crippen molar-refractivity contribution in [1.82, 2.24) is 9.97 Å². The van der Waals surface area contributed by atoms with Crippen LogP contribution in [-0.4, -0.2) is 15.9 Å². The van der Waals surface area contributed by atoms with Crippen LogP contribution in [0.25, 0.3) is 0 Å². The molecule has 0 aromatic carbocycles. The number of rotatable bonds is 2. The fraction of sp³-hybridized carbons (Fsp3) is 0.273. The number of carbonyl (C=O) groups excluding carboxylic acids is 1. The second-order valence-corrected chi connectivity index (χ2v) is 4.69. The lowest BCUT2D eigenvalue weighted by Gasteiger charge is -2.07. The van der Waals surface area contributed by atoms with Crippen molar-refractivity contribution in [2.45, 2.75) is 20.0 Å². The summed E-state index contributed by atoms with van der Waals surface area (Å²) in [4.78, 5) is 18.6. The highest BCUT2D eigenvalue weighted by Crippen LogP contribution is 2.34. The maximum absolute atomic E-state index is 12.7. The summed E-state index contributed by atoms with van der Waals surface area (Å²) >= 11 is 0.829. The summed E-state index contributed by atoms with van der Waals surface area (Å²) in [5.41, 5.74) is 0.0903. The number of thiophene rings is 1. The molecule has 8 heteroatoms. The molecule has 0 aliphatic heterocycles. The van der Waals surface area contributed by atoms with E-state index in [1.165, 1.54) is 5.38 Å². The third-order valence-electron chi connectivity index (χ3n) is 2.57. The number of anilines is 1. The molecule has 19 heavy (non-hydrogen) atoms. The summed E-state index contributed by atoms with van der Waals surface area (Å²) < 4.78 is 38.0. The second-order valence-electron chi connectivity index (χ2n) is 3.95. The Morgan fingerprint density at radius 1 is 1.37 bits per heavy atom. The van der Waals surface area contributed by atoms with E-state index < -0.39 is 23.2 Å². The fourth-order valence-corrected chi connectivity index (χ4v) is 2.31. The van der Waals surface area contributed by atoms with Crippen molar-refractivity contribution in [2.75, 3.05) is 5.32 Å². The average Bonchev–Trinajstić information content (AvgIpc) is 2.86. The van der Waals surface area contributed by atoms with Gasteiger partial charge in [-0.25, -0.2) is 4.98 Å². The summed E-state index contributed by atoms with van der Waals surface area (Å²) in [6.07, 6.45) is -4.54. The first-order valence-electron chi connectivity index (χ1n) is 5.27. The second kappa shape index (κ2) is 4.69. The molecule has 0 aliphatic rings. The lowest BCUT2D eigenvalue weighted by molar-refractivity contribution is -0.137. The average molecular weight is 289 g/mol. The number of amides is 1. The van der Waals surface area contributed by atoms with Crippen LogP contribution in [0.5, 0.6) is 0 Å². The number of nitrogens with one attached hydrogen (secondary N) is 2. The number of nitrogens with zero attached hydrogens (tertiary/aromatic N) is 1. The highest BCUT2D eigenvalue weighted by molar-refractivity contribution is 7.08. The number of H-pyrrole nitrogens is 1. The van der Waals surface area contributed by atoms with Gasteiger partial charge in [0.25, 0.3) is 5.91 Å². The number of hydrogen-bond acceptors (Lipinski definition) is 3. The van der Waals surface area contributed by atoms with E-state index in [0.717, 1.165) is 22.4 Å². The number of aromatic amines is 1.